The molecule has 1 aliphatic rings. The number of nitrogens with one attached hydrogen (secondary N) is 1. The minimum absolute atomic E-state index is 0.384. The maximum Gasteiger partial charge on any atom is 0.324 e. The molecule has 1 aromatic rings. The van der Waals surface area contributed by atoms with Crippen molar-refractivity contribution < 1.29 is 4.52 Å². The Bertz CT molecular complexity index is 317. The SMILES string of the molecule is Cc1noc(N(C(C)C)C2CCNC2)n1. The van der Waals surface area contributed by atoms with Crippen molar-refractivity contribution in [3.8, 4) is 0 Å². The van der Waals surface area contributed by atoms with E-state index < -0.39 is 0 Å². The number of nitrogens with zero attached hydrogens (tertiary/aromatic N) is 3. The molecule has 0 aliphatic carbocycles. The lowest BCUT2D eigenvalue weighted by Gasteiger charge is -2.29. The van der Waals surface area contributed by atoms with Gasteiger partial charge in [0.2, 0.25) is 0 Å². The van der Waals surface area contributed by atoms with Crippen LogP contribution in [0.2, 0.25) is 0 Å². The van der Waals surface area contributed by atoms with E-state index in [1.54, 1.807) is 0 Å². The van der Waals surface area contributed by atoms with E-state index in [9.17, 15) is 0 Å². The van der Waals surface area contributed by atoms with Gasteiger partial charge < -0.3 is 14.7 Å². The largest absolute Gasteiger partial charge is 0.324 e. The summed E-state index contributed by atoms with van der Waals surface area (Å²) in [7, 11) is 0. The van der Waals surface area contributed by atoms with E-state index in [-0.39, 0.29) is 0 Å². The zero-order valence-electron chi connectivity index (χ0n) is 9.53. The Morgan fingerprint density at radius 2 is 2.33 bits per heavy atom. The minimum Gasteiger partial charge on any atom is -0.318 e. The highest BCUT2D eigenvalue weighted by molar-refractivity contribution is 5.29. The van der Waals surface area contributed by atoms with Crippen LogP contribution in [-0.2, 0) is 0 Å². The number of aryl methyl sites for hydroxylation is 1. The van der Waals surface area contributed by atoms with E-state index in [4.69, 9.17) is 4.52 Å². The third-order valence-electron chi connectivity index (χ3n) is 2.72. The van der Waals surface area contributed by atoms with Crippen molar-refractivity contribution >= 4 is 6.01 Å². The summed E-state index contributed by atoms with van der Waals surface area (Å²) >= 11 is 0. The highest BCUT2D eigenvalue weighted by Gasteiger charge is 2.28. The Kier molecular flexibility index (Phi) is 2.90. The lowest BCUT2D eigenvalue weighted by atomic mass is 10.2. The maximum absolute atomic E-state index is 5.24. The van der Waals surface area contributed by atoms with Crippen molar-refractivity contribution in [2.75, 3.05) is 18.0 Å². The molecule has 1 unspecified atom stereocenters. The number of aromatic nitrogens is 2. The molecule has 0 radical (unpaired) electrons. The molecule has 1 N–H and O–H groups in total. The third kappa shape index (κ3) is 2.12. The van der Waals surface area contributed by atoms with Gasteiger partial charge in [0.15, 0.2) is 5.82 Å². The molecule has 5 nitrogen and oxygen atoms in total. The average Bonchev–Trinajstić information content (AvgIpc) is 2.77. The fourth-order valence-corrected chi connectivity index (χ4v) is 2.07. The van der Waals surface area contributed by atoms with Gasteiger partial charge in [-0.1, -0.05) is 5.16 Å². The predicted octanol–water partition coefficient (Wildman–Crippen LogP) is 0.955. The summed E-state index contributed by atoms with van der Waals surface area (Å²) < 4.78 is 5.24. The first-order valence-corrected chi connectivity index (χ1v) is 5.48. The first-order valence-electron chi connectivity index (χ1n) is 5.48. The first kappa shape index (κ1) is 10.4. The van der Waals surface area contributed by atoms with Crippen molar-refractivity contribution in [2.45, 2.75) is 39.3 Å². The molecular formula is C10H18N4O. The molecule has 2 heterocycles. The highest BCUT2D eigenvalue weighted by atomic mass is 16.5. The summed E-state index contributed by atoms with van der Waals surface area (Å²) in [6, 6.07) is 1.51. The summed E-state index contributed by atoms with van der Waals surface area (Å²) in [5.41, 5.74) is 0. The molecular weight excluding hydrogens is 192 g/mol. The fraction of sp³-hybridized carbons (Fsp3) is 0.800. The second kappa shape index (κ2) is 4.18. The van der Waals surface area contributed by atoms with Gasteiger partial charge in [-0.25, -0.2) is 0 Å². The minimum atomic E-state index is 0.384. The van der Waals surface area contributed by atoms with Crippen LogP contribution in [0.5, 0.6) is 0 Å². The van der Waals surface area contributed by atoms with Crippen molar-refractivity contribution in [3.63, 3.8) is 0 Å². The van der Waals surface area contributed by atoms with Crippen molar-refractivity contribution in [1.82, 2.24) is 15.5 Å². The molecule has 1 fully saturated rings. The third-order valence-corrected chi connectivity index (χ3v) is 2.72. The van der Waals surface area contributed by atoms with E-state index in [0.29, 0.717) is 23.9 Å². The average molecular weight is 210 g/mol. The Balaban J connectivity index is 2.18. The van der Waals surface area contributed by atoms with Gasteiger partial charge in [0.1, 0.15) is 0 Å². The van der Waals surface area contributed by atoms with E-state index in [2.05, 4.69) is 34.2 Å². The normalized spacial score (nSPS) is 21.2. The predicted molar refractivity (Wildman–Crippen MR) is 57.9 cm³/mol. The van der Waals surface area contributed by atoms with E-state index >= 15 is 0 Å². The Morgan fingerprint density at radius 3 is 2.80 bits per heavy atom. The quantitative estimate of drug-likeness (QED) is 0.805. The van der Waals surface area contributed by atoms with E-state index in [1.807, 2.05) is 6.92 Å². The first-order chi connectivity index (χ1) is 7.18. The van der Waals surface area contributed by atoms with Gasteiger partial charge >= 0.3 is 6.01 Å². The van der Waals surface area contributed by atoms with Crippen LogP contribution in [0, 0.1) is 6.92 Å². The zero-order chi connectivity index (χ0) is 10.8. The van der Waals surface area contributed by atoms with Crippen LogP contribution in [0.25, 0.3) is 0 Å². The van der Waals surface area contributed by atoms with Crippen LogP contribution < -0.4 is 10.2 Å². The van der Waals surface area contributed by atoms with Crippen molar-refractivity contribution in [1.29, 1.82) is 0 Å². The zero-order valence-corrected chi connectivity index (χ0v) is 9.53. The van der Waals surface area contributed by atoms with E-state index in [1.165, 1.54) is 0 Å². The second-order valence-electron chi connectivity index (χ2n) is 4.27. The molecule has 0 saturated carbocycles. The van der Waals surface area contributed by atoms with Gasteiger partial charge in [0.05, 0.1) is 0 Å². The molecule has 15 heavy (non-hydrogen) atoms. The van der Waals surface area contributed by atoms with Gasteiger partial charge in [-0.2, -0.15) is 4.98 Å². The summed E-state index contributed by atoms with van der Waals surface area (Å²) in [5.74, 6) is 0.696. The Labute approximate surface area is 89.8 Å². The van der Waals surface area contributed by atoms with Crippen LogP contribution in [0.15, 0.2) is 4.52 Å². The molecule has 0 aromatic carbocycles. The maximum atomic E-state index is 5.24. The number of rotatable bonds is 3. The van der Waals surface area contributed by atoms with Gasteiger partial charge in [-0.05, 0) is 33.7 Å². The van der Waals surface area contributed by atoms with Crippen LogP contribution in [-0.4, -0.2) is 35.3 Å². The molecule has 1 aromatic heterocycles. The summed E-state index contributed by atoms with van der Waals surface area (Å²) in [6.45, 7) is 8.22. The highest BCUT2D eigenvalue weighted by Crippen LogP contribution is 2.20. The van der Waals surface area contributed by atoms with Crippen LogP contribution in [0.4, 0.5) is 6.01 Å². The lowest BCUT2D eigenvalue weighted by Crippen LogP contribution is -2.42. The smallest absolute Gasteiger partial charge is 0.318 e. The molecule has 0 amide bonds. The molecule has 1 atom stereocenters. The Hall–Kier alpha value is -1.10. The number of anilines is 1. The Morgan fingerprint density at radius 1 is 1.53 bits per heavy atom. The van der Waals surface area contributed by atoms with Crippen molar-refractivity contribution in [3.05, 3.63) is 5.82 Å². The standard InChI is InChI=1S/C10H18N4O/c1-7(2)14(9-4-5-11-6-9)10-12-8(3)13-15-10/h7,9,11H,4-6H2,1-3H3. The van der Waals surface area contributed by atoms with Gasteiger partial charge in [0.25, 0.3) is 0 Å². The van der Waals surface area contributed by atoms with Crippen LogP contribution in [0.3, 0.4) is 0 Å². The molecule has 1 saturated heterocycles. The molecule has 0 bridgehead atoms. The number of hydrogen-bond donors (Lipinski definition) is 1. The van der Waals surface area contributed by atoms with Gasteiger partial charge in [-0.15, -0.1) is 0 Å². The van der Waals surface area contributed by atoms with Crippen LogP contribution in [0.1, 0.15) is 26.1 Å². The second-order valence-corrected chi connectivity index (χ2v) is 4.27. The number of hydrogen-bond acceptors (Lipinski definition) is 5. The fourth-order valence-electron chi connectivity index (χ4n) is 2.07. The monoisotopic (exact) mass is 210 g/mol. The molecule has 1 aliphatic heterocycles. The topological polar surface area (TPSA) is 54.2 Å². The molecule has 0 spiro atoms. The van der Waals surface area contributed by atoms with Gasteiger partial charge in [0, 0.05) is 18.6 Å². The van der Waals surface area contributed by atoms with Crippen molar-refractivity contribution in [2.24, 2.45) is 0 Å². The summed E-state index contributed by atoms with van der Waals surface area (Å²) in [6.07, 6.45) is 1.14. The molecule has 2 rings (SSSR count). The summed E-state index contributed by atoms with van der Waals surface area (Å²) in [5, 5.41) is 7.20. The molecule has 5 heteroatoms. The lowest BCUT2D eigenvalue weighted by molar-refractivity contribution is 0.388. The molecule has 84 valence electrons. The summed E-state index contributed by atoms with van der Waals surface area (Å²) in [4.78, 5) is 6.51. The van der Waals surface area contributed by atoms with Gasteiger partial charge in [-0.3, -0.25) is 0 Å². The van der Waals surface area contributed by atoms with E-state index in [0.717, 1.165) is 19.5 Å². The van der Waals surface area contributed by atoms with Crippen LogP contribution >= 0.6 is 0 Å².